The number of hydrogen-bond donors (Lipinski definition) is 3. The van der Waals surface area contributed by atoms with Crippen LogP contribution in [0.2, 0.25) is 0 Å². The smallest absolute Gasteiger partial charge is 0.251 e. The van der Waals surface area contributed by atoms with Crippen molar-refractivity contribution in [2.75, 3.05) is 17.0 Å². The van der Waals surface area contributed by atoms with Crippen molar-refractivity contribution in [3.63, 3.8) is 0 Å². The number of benzene rings is 1. The minimum absolute atomic E-state index is 0.0127. The Bertz CT molecular complexity index is 772. The van der Waals surface area contributed by atoms with E-state index in [1.54, 1.807) is 37.3 Å². The average molecular weight is 352 g/mol. The molecule has 1 aromatic heterocycles. The van der Waals surface area contributed by atoms with Gasteiger partial charge >= 0.3 is 0 Å². The van der Waals surface area contributed by atoms with Gasteiger partial charge in [0.1, 0.15) is 11.9 Å². The van der Waals surface area contributed by atoms with E-state index in [2.05, 4.69) is 10.0 Å². The third-order valence-electron chi connectivity index (χ3n) is 3.20. The van der Waals surface area contributed by atoms with Gasteiger partial charge in [0.15, 0.2) is 0 Å². The van der Waals surface area contributed by atoms with E-state index in [-0.39, 0.29) is 12.3 Å². The number of rotatable bonds is 8. The van der Waals surface area contributed by atoms with E-state index in [0.29, 0.717) is 23.4 Å². The first-order valence-corrected chi connectivity index (χ1v) is 9.16. The number of anilines is 1. The molecule has 2 rings (SSSR count). The second-order valence-electron chi connectivity index (χ2n) is 5.24. The summed E-state index contributed by atoms with van der Waals surface area (Å²) < 4.78 is 31.0. The van der Waals surface area contributed by atoms with Gasteiger partial charge in [-0.1, -0.05) is 13.0 Å². The third kappa shape index (κ3) is 5.10. The molecule has 3 N–H and O–H groups in total. The molecule has 2 aromatic rings. The Labute approximate surface area is 140 Å². The topological polar surface area (TPSA) is 109 Å². The van der Waals surface area contributed by atoms with Gasteiger partial charge in [-0.2, -0.15) is 0 Å². The maximum absolute atomic E-state index is 12.1. The fourth-order valence-electron chi connectivity index (χ4n) is 2.10. The zero-order valence-corrected chi connectivity index (χ0v) is 14.0. The number of aliphatic hydroxyl groups is 1. The molecule has 24 heavy (non-hydrogen) atoms. The van der Waals surface area contributed by atoms with Crippen LogP contribution in [-0.4, -0.2) is 31.7 Å². The highest BCUT2D eigenvalue weighted by molar-refractivity contribution is 7.92. The fraction of sp³-hybridized carbons (Fsp3) is 0.312. The Morgan fingerprint density at radius 1 is 1.29 bits per heavy atom. The highest BCUT2D eigenvalue weighted by atomic mass is 32.2. The number of carbonyl (C=O) groups is 1. The Morgan fingerprint density at radius 2 is 2.08 bits per heavy atom. The van der Waals surface area contributed by atoms with Crippen LogP contribution in [0.25, 0.3) is 0 Å². The Kier molecular flexibility index (Phi) is 5.99. The molecule has 0 spiro atoms. The van der Waals surface area contributed by atoms with Gasteiger partial charge < -0.3 is 14.8 Å². The molecule has 130 valence electrons. The Morgan fingerprint density at radius 3 is 2.75 bits per heavy atom. The SMILES string of the molecule is CCCS(=O)(=O)Nc1cccc(C(=O)NC[C@H](O)c2ccco2)c1. The van der Waals surface area contributed by atoms with Crippen LogP contribution in [0.1, 0.15) is 35.6 Å². The second kappa shape index (κ2) is 7.98. The summed E-state index contributed by atoms with van der Waals surface area (Å²) in [6, 6.07) is 9.42. The van der Waals surface area contributed by atoms with Gasteiger partial charge in [0.05, 0.1) is 18.6 Å². The van der Waals surface area contributed by atoms with Crippen LogP contribution in [0, 0.1) is 0 Å². The molecule has 0 saturated carbocycles. The van der Waals surface area contributed by atoms with Gasteiger partial charge in [0, 0.05) is 11.3 Å². The largest absolute Gasteiger partial charge is 0.467 e. The maximum atomic E-state index is 12.1. The van der Waals surface area contributed by atoms with E-state index in [1.165, 1.54) is 12.3 Å². The summed E-state index contributed by atoms with van der Waals surface area (Å²) >= 11 is 0. The van der Waals surface area contributed by atoms with E-state index in [1.807, 2.05) is 0 Å². The summed E-state index contributed by atoms with van der Waals surface area (Å²) in [6.45, 7) is 1.76. The minimum atomic E-state index is -3.42. The summed E-state index contributed by atoms with van der Waals surface area (Å²) in [4.78, 5) is 12.1. The number of sulfonamides is 1. The highest BCUT2D eigenvalue weighted by Crippen LogP contribution is 2.14. The molecule has 7 nitrogen and oxygen atoms in total. The molecule has 0 bridgehead atoms. The molecule has 0 aliphatic carbocycles. The molecule has 1 amide bonds. The van der Waals surface area contributed by atoms with E-state index in [9.17, 15) is 18.3 Å². The normalized spacial score (nSPS) is 12.6. The molecule has 0 radical (unpaired) electrons. The third-order valence-corrected chi connectivity index (χ3v) is 4.69. The first-order chi connectivity index (χ1) is 11.4. The lowest BCUT2D eigenvalue weighted by atomic mass is 10.2. The molecule has 1 heterocycles. The number of amides is 1. The molecule has 0 aliphatic rings. The van der Waals surface area contributed by atoms with Crippen LogP contribution < -0.4 is 10.0 Å². The van der Waals surface area contributed by atoms with E-state index >= 15 is 0 Å². The highest BCUT2D eigenvalue weighted by Gasteiger charge is 2.14. The molecule has 0 fully saturated rings. The fourth-order valence-corrected chi connectivity index (χ4v) is 3.22. The molecule has 8 heteroatoms. The van der Waals surface area contributed by atoms with Gasteiger partial charge in [-0.3, -0.25) is 9.52 Å². The van der Waals surface area contributed by atoms with Crippen molar-refractivity contribution < 1.29 is 22.7 Å². The second-order valence-corrected chi connectivity index (χ2v) is 7.08. The van der Waals surface area contributed by atoms with Gasteiger partial charge in [0.2, 0.25) is 10.0 Å². The minimum Gasteiger partial charge on any atom is -0.467 e. The molecule has 0 saturated heterocycles. The predicted octanol–water partition coefficient (Wildman–Crippen LogP) is 1.89. The van der Waals surface area contributed by atoms with E-state index < -0.39 is 22.0 Å². The number of furan rings is 1. The van der Waals surface area contributed by atoms with Gasteiger partial charge in [-0.05, 0) is 36.8 Å². The molecule has 0 aliphatic heterocycles. The maximum Gasteiger partial charge on any atom is 0.251 e. The number of hydrogen-bond acceptors (Lipinski definition) is 5. The van der Waals surface area contributed by atoms with Crippen LogP contribution >= 0.6 is 0 Å². The van der Waals surface area contributed by atoms with Crippen molar-refractivity contribution in [2.24, 2.45) is 0 Å². The van der Waals surface area contributed by atoms with Crippen molar-refractivity contribution >= 4 is 21.6 Å². The van der Waals surface area contributed by atoms with Crippen LogP contribution in [0.5, 0.6) is 0 Å². The summed E-state index contributed by atoms with van der Waals surface area (Å²) in [5.41, 5.74) is 0.612. The quantitative estimate of drug-likeness (QED) is 0.672. The first kappa shape index (κ1) is 18.0. The van der Waals surface area contributed by atoms with Crippen LogP contribution in [0.4, 0.5) is 5.69 Å². The Hall–Kier alpha value is -2.32. The van der Waals surface area contributed by atoms with Crippen LogP contribution in [0.3, 0.4) is 0 Å². The summed E-state index contributed by atoms with van der Waals surface area (Å²) in [6.07, 6.45) is 0.988. The molecular formula is C16H20N2O5S. The first-order valence-electron chi connectivity index (χ1n) is 7.51. The van der Waals surface area contributed by atoms with Crippen molar-refractivity contribution in [3.05, 3.63) is 54.0 Å². The van der Waals surface area contributed by atoms with Crippen LogP contribution in [0.15, 0.2) is 47.1 Å². The van der Waals surface area contributed by atoms with E-state index in [4.69, 9.17) is 4.42 Å². The van der Waals surface area contributed by atoms with Gasteiger partial charge in [-0.25, -0.2) is 8.42 Å². The monoisotopic (exact) mass is 352 g/mol. The summed E-state index contributed by atoms with van der Waals surface area (Å²) in [7, 11) is -3.42. The lowest BCUT2D eigenvalue weighted by Gasteiger charge is -2.11. The molecule has 0 unspecified atom stereocenters. The van der Waals surface area contributed by atoms with Crippen molar-refractivity contribution in [2.45, 2.75) is 19.4 Å². The van der Waals surface area contributed by atoms with Crippen LogP contribution in [-0.2, 0) is 10.0 Å². The summed E-state index contributed by atoms with van der Waals surface area (Å²) in [5.74, 6) is -0.0489. The lowest BCUT2D eigenvalue weighted by molar-refractivity contribution is 0.0901. The van der Waals surface area contributed by atoms with Gasteiger partial charge in [0.25, 0.3) is 5.91 Å². The Balaban J connectivity index is 1.98. The predicted molar refractivity (Wildman–Crippen MR) is 90.1 cm³/mol. The number of nitrogens with one attached hydrogen (secondary N) is 2. The van der Waals surface area contributed by atoms with E-state index in [0.717, 1.165) is 0 Å². The number of carbonyl (C=O) groups excluding carboxylic acids is 1. The molecule has 1 aromatic carbocycles. The van der Waals surface area contributed by atoms with Gasteiger partial charge in [-0.15, -0.1) is 0 Å². The van der Waals surface area contributed by atoms with Crippen molar-refractivity contribution in [1.82, 2.24) is 5.32 Å². The molecular weight excluding hydrogens is 332 g/mol. The number of aliphatic hydroxyl groups excluding tert-OH is 1. The summed E-state index contributed by atoms with van der Waals surface area (Å²) in [5, 5.41) is 12.4. The average Bonchev–Trinajstić information content (AvgIpc) is 3.06. The van der Waals surface area contributed by atoms with Crippen molar-refractivity contribution in [1.29, 1.82) is 0 Å². The molecule has 1 atom stereocenters. The zero-order valence-electron chi connectivity index (χ0n) is 13.2. The van der Waals surface area contributed by atoms with Crippen molar-refractivity contribution in [3.8, 4) is 0 Å². The zero-order chi connectivity index (χ0) is 17.6. The lowest BCUT2D eigenvalue weighted by Crippen LogP contribution is -2.28. The standard InChI is InChI=1S/C16H20N2O5S/c1-2-9-24(21,22)18-13-6-3-5-12(10-13)16(20)17-11-14(19)15-7-4-8-23-15/h3-8,10,14,18-19H,2,9,11H2,1H3,(H,17,20)/t14-/m0/s1.